The number of hydrogen-bond donors (Lipinski definition) is 0. The molecule has 16 heavy (non-hydrogen) atoms. The second-order valence-corrected chi connectivity index (χ2v) is 2.29. The zero-order valence-corrected chi connectivity index (χ0v) is 7.13. The second-order valence-electron chi connectivity index (χ2n) is 2.29. The van der Waals surface area contributed by atoms with E-state index in [2.05, 4.69) is 9.89 Å². The molecule has 12 heteroatoms. The van der Waals surface area contributed by atoms with Crippen LogP contribution in [0.2, 0.25) is 0 Å². The zero-order valence-electron chi connectivity index (χ0n) is 7.13. The van der Waals surface area contributed by atoms with E-state index in [0.29, 0.717) is 0 Å². The summed E-state index contributed by atoms with van der Waals surface area (Å²) in [7, 11) is 0. The molecule has 0 radical (unpaired) electrons. The summed E-state index contributed by atoms with van der Waals surface area (Å²) in [6, 6.07) is -1.98. The topological polar surface area (TPSA) is 172 Å². The monoisotopic (exact) mass is 228 g/mol. The quantitative estimate of drug-likeness (QED) is 0.210. The van der Waals surface area contributed by atoms with Crippen molar-refractivity contribution in [1.82, 2.24) is 5.01 Å². The molecule has 1 heterocycles. The van der Waals surface area contributed by atoms with Gasteiger partial charge in [-0.15, -0.1) is 4.79 Å². The molecule has 0 aromatic heterocycles. The molecule has 12 nitrogen and oxygen atoms in total. The molecule has 0 aromatic rings. The van der Waals surface area contributed by atoms with E-state index < -0.39 is 33.3 Å². The molecule has 1 rings (SSSR count). The van der Waals surface area contributed by atoms with Crippen molar-refractivity contribution in [2.75, 3.05) is 0 Å². The van der Waals surface area contributed by atoms with Crippen LogP contribution in [0.4, 0.5) is 4.79 Å². The van der Waals surface area contributed by atoms with Crippen molar-refractivity contribution < 1.29 is 24.2 Å². The zero-order chi connectivity index (χ0) is 12.5. The Kier molecular flexibility index (Phi) is 2.51. The largest absolute Gasteiger partial charge is 0.588 e. The number of rotatable bonds is 0. The third-order valence-corrected chi connectivity index (χ3v) is 1.41. The molecule has 82 valence electrons. The summed E-state index contributed by atoms with van der Waals surface area (Å²) in [4.78, 5) is 41.6. The van der Waals surface area contributed by atoms with Crippen LogP contribution in [0, 0.1) is 20.2 Å². The molecule has 0 saturated carbocycles. The standard InChI is InChI=1S/C4N6O6/c5-6-1-2(9(13)14)7-8(3(1)11)4(12)10(15)16. The van der Waals surface area contributed by atoms with Crippen molar-refractivity contribution >= 4 is 23.5 Å². The normalized spacial score (nSPS) is 14.5. The number of nitro groups is 2. The van der Waals surface area contributed by atoms with Crippen molar-refractivity contribution in [1.29, 1.82) is 0 Å². The van der Waals surface area contributed by atoms with E-state index in [4.69, 9.17) is 5.53 Å². The Hall–Kier alpha value is -3.01. The van der Waals surface area contributed by atoms with E-state index in [0.717, 1.165) is 0 Å². The molecule has 0 N–H and O–H groups in total. The minimum Gasteiger partial charge on any atom is -0.360 e. The van der Waals surface area contributed by atoms with Gasteiger partial charge in [0.25, 0.3) is 0 Å². The predicted octanol–water partition coefficient (Wildman–Crippen LogP) is -1.51. The predicted molar refractivity (Wildman–Crippen MR) is 42.3 cm³/mol. The highest BCUT2D eigenvalue weighted by Gasteiger charge is 2.60. The average molecular weight is 228 g/mol. The number of urea groups is 1. The molecule has 0 fully saturated rings. The summed E-state index contributed by atoms with van der Waals surface area (Å²) in [5.74, 6) is -2.79. The van der Waals surface area contributed by atoms with Crippen molar-refractivity contribution in [3.05, 3.63) is 25.8 Å². The highest BCUT2D eigenvalue weighted by Crippen LogP contribution is 2.07. The van der Waals surface area contributed by atoms with E-state index in [1.165, 1.54) is 0 Å². The Bertz CT molecular complexity index is 499. The third kappa shape index (κ3) is 1.51. The fourth-order valence-electron chi connectivity index (χ4n) is 0.801. The van der Waals surface area contributed by atoms with E-state index in [1.54, 1.807) is 0 Å². The van der Waals surface area contributed by atoms with Crippen LogP contribution < -0.4 is 0 Å². The first-order valence-corrected chi connectivity index (χ1v) is 3.38. The summed E-state index contributed by atoms with van der Waals surface area (Å²) in [6.45, 7) is 0. The van der Waals surface area contributed by atoms with E-state index >= 15 is 0 Å². The fourth-order valence-corrected chi connectivity index (χ4v) is 0.801. The van der Waals surface area contributed by atoms with Gasteiger partial charge in [0.1, 0.15) is 0 Å². The number of nitrogens with zero attached hydrogens (tertiary/aromatic N) is 6. The van der Waals surface area contributed by atoms with Gasteiger partial charge in [-0.05, 0) is 4.92 Å². The molecule has 0 aromatic carbocycles. The van der Waals surface area contributed by atoms with Crippen molar-refractivity contribution in [2.45, 2.75) is 0 Å². The number of hydrazone groups is 1. The van der Waals surface area contributed by atoms with E-state index in [9.17, 15) is 29.8 Å². The minimum atomic E-state index is -1.98. The van der Waals surface area contributed by atoms with E-state index in [-0.39, 0.29) is 5.01 Å². The molecule has 0 spiro atoms. The maximum atomic E-state index is 11.1. The number of amides is 3. The summed E-state index contributed by atoms with van der Waals surface area (Å²) < 4.78 is 0. The van der Waals surface area contributed by atoms with Gasteiger partial charge in [0.05, 0.1) is 5.01 Å². The first-order valence-electron chi connectivity index (χ1n) is 3.38. The van der Waals surface area contributed by atoms with Gasteiger partial charge in [-0.25, -0.2) is 4.79 Å². The minimum absolute atomic E-state index is 0.368. The number of amidine groups is 1. The van der Waals surface area contributed by atoms with Gasteiger partial charge in [-0.2, -0.15) is 4.79 Å². The van der Waals surface area contributed by atoms with Crippen LogP contribution in [-0.4, -0.2) is 43.1 Å². The number of imide groups is 1. The van der Waals surface area contributed by atoms with Crippen LogP contribution >= 0.6 is 0 Å². The lowest BCUT2D eigenvalue weighted by Gasteiger charge is -1.90. The fraction of sp³-hybridized carbons (Fsp3) is 0. The number of carbonyl (C=O) groups excluding carboxylic acids is 2. The highest BCUT2D eigenvalue weighted by molar-refractivity contribution is 6.65. The summed E-state index contributed by atoms with van der Waals surface area (Å²) in [5, 5.41) is 22.7. The first-order chi connectivity index (χ1) is 7.40. The molecule has 0 bridgehead atoms. The Morgan fingerprint density at radius 2 is 2.00 bits per heavy atom. The van der Waals surface area contributed by atoms with Gasteiger partial charge < -0.3 is 25.8 Å². The van der Waals surface area contributed by atoms with Gasteiger partial charge in [-0.3, -0.25) is 0 Å². The summed E-state index contributed by atoms with van der Waals surface area (Å²) >= 11 is 0. The van der Waals surface area contributed by atoms with Crippen molar-refractivity contribution in [3.63, 3.8) is 0 Å². The Morgan fingerprint density at radius 1 is 1.44 bits per heavy atom. The van der Waals surface area contributed by atoms with Crippen LogP contribution in [0.25, 0.3) is 5.53 Å². The van der Waals surface area contributed by atoms with Crippen LogP contribution in [0.3, 0.4) is 0 Å². The van der Waals surface area contributed by atoms with Crippen LogP contribution in [0.1, 0.15) is 0 Å². The summed E-state index contributed by atoms with van der Waals surface area (Å²) in [6.07, 6.45) is 0. The summed E-state index contributed by atoms with van der Waals surface area (Å²) in [5.41, 5.74) is 7.12. The van der Waals surface area contributed by atoms with Gasteiger partial charge in [0.15, 0.2) is 5.10 Å². The maximum absolute atomic E-state index is 11.1. The lowest BCUT2D eigenvalue weighted by atomic mass is 10.3. The van der Waals surface area contributed by atoms with Crippen molar-refractivity contribution in [2.24, 2.45) is 5.10 Å². The highest BCUT2D eigenvalue weighted by atomic mass is 16.6. The smallest absolute Gasteiger partial charge is 0.360 e. The Balaban J connectivity index is 3.24. The number of hydrogen-bond acceptors (Lipinski definition) is 7. The second kappa shape index (κ2) is 3.62. The molecular formula is C4N6O6. The van der Waals surface area contributed by atoms with Gasteiger partial charge in [-0.1, -0.05) is 0 Å². The van der Waals surface area contributed by atoms with E-state index in [1.807, 2.05) is 0 Å². The molecule has 0 unspecified atom stereocenters. The SMILES string of the molecule is [N-]=[N+]=C1C(=O)N(C(=O)[N+](=O)[O-])N=C1[N+](=O)[O-]. The number of carbonyl (C=O) groups is 2. The Labute approximate surface area is 84.7 Å². The van der Waals surface area contributed by atoms with Crippen molar-refractivity contribution in [3.8, 4) is 0 Å². The molecule has 3 amide bonds. The maximum Gasteiger partial charge on any atom is 0.588 e. The molecule has 0 aliphatic carbocycles. The molecule has 1 aliphatic heterocycles. The van der Waals surface area contributed by atoms with Gasteiger partial charge >= 0.3 is 23.5 Å². The first kappa shape index (κ1) is 11.1. The molecule has 0 atom stereocenters. The van der Waals surface area contributed by atoms with Gasteiger partial charge in [0.2, 0.25) is 0 Å². The van der Waals surface area contributed by atoms with Crippen LogP contribution in [0.15, 0.2) is 5.10 Å². The molecular weight excluding hydrogens is 228 g/mol. The lowest BCUT2D eigenvalue weighted by Crippen LogP contribution is -2.36. The van der Waals surface area contributed by atoms with Gasteiger partial charge in [0, 0.05) is 4.92 Å². The average Bonchev–Trinajstić information content (AvgIpc) is 2.54. The van der Waals surface area contributed by atoms with Crippen LogP contribution in [-0.2, 0) is 4.79 Å². The lowest BCUT2D eigenvalue weighted by molar-refractivity contribution is -0.383. The molecule has 0 saturated heterocycles. The van der Waals surface area contributed by atoms with Crippen LogP contribution in [0.5, 0.6) is 0 Å². The third-order valence-electron chi connectivity index (χ3n) is 1.41. The Morgan fingerprint density at radius 3 is 2.31 bits per heavy atom. The molecule has 1 aliphatic rings.